The third-order valence-electron chi connectivity index (χ3n) is 3.44. The van der Waals surface area contributed by atoms with Gasteiger partial charge in [-0.2, -0.15) is 0 Å². The van der Waals surface area contributed by atoms with Gasteiger partial charge in [0, 0.05) is 13.0 Å². The van der Waals surface area contributed by atoms with Crippen LogP contribution in [0.3, 0.4) is 0 Å². The van der Waals surface area contributed by atoms with Crippen molar-refractivity contribution >= 4 is 6.29 Å². The minimum Gasteiger partial charge on any atom is -0.396 e. The second-order valence-corrected chi connectivity index (χ2v) is 4.56. The average Bonchev–Trinajstić information content (AvgIpc) is 2.65. The van der Waals surface area contributed by atoms with Gasteiger partial charge in [-0.15, -0.1) is 0 Å². The molecule has 92 valence electrons. The lowest BCUT2D eigenvalue weighted by Gasteiger charge is -2.18. The average molecular weight is 226 g/mol. The number of unbranched alkanes of at least 4 members (excludes halogenated alkanes) is 2. The van der Waals surface area contributed by atoms with E-state index in [2.05, 4.69) is 12.2 Å². The van der Waals surface area contributed by atoms with E-state index in [9.17, 15) is 9.90 Å². The Kier molecular flexibility index (Phi) is 6.34. The van der Waals surface area contributed by atoms with Crippen LogP contribution >= 0.6 is 0 Å². The number of carbonyl (C=O) groups excluding carboxylic acids is 1. The SMILES string of the molecule is O=CCCC/C=C\C[C@@H]1[C@@H](CO)CC[C@@H]1O. The minimum absolute atomic E-state index is 0.181. The number of rotatable bonds is 7. The second kappa shape index (κ2) is 7.58. The highest BCUT2D eigenvalue weighted by molar-refractivity contribution is 5.48. The molecule has 0 saturated heterocycles. The van der Waals surface area contributed by atoms with Crippen molar-refractivity contribution in [3.05, 3.63) is 12.2 Å². The zero-order valence-electron chi connectivity index (χ0n) is 9.72. The molecule has 1 aliphatic carbocycles. The van der Waals surface area contributed by atoms with Crippen LogP contribution in [0.5, 0.6) is 0 Å². The van der Waals surface area contributed by atoms with Gasteiger partial charge in [0.1, 0.15) is 6.29 Å². The molecule has 0 aromatic carbocycles. The molecule has 1 rings (SSSR count). The number of aliphatic hydroxyl groups is 2. The van der Waals surface area contributed by atoms with Crippen LogP contribution < -0.4 is 0 Å². The Morgan fingerprint density at radius 3 is 2.69 bits per heavy atom. The van der Waals surface area contributed by atoms with E-state index in [4.69, 9.17) is 5.11 Å². The van der Waals surface area contributed by atoms with Gasteiger partial charge in [-0.1, -0.05) is 12.2 Å². The highest BCUT2D eigenvalue weighted by atomic mass is 16.3. The number of hydrogen-bond acceptors (Lipinski definition) is 3. The zero-order valence-corrected chi connectivity index (χ0v) is 9.72. The molecule has 0 spiro atoms. The molecular formula is C13H22O3. The van der Waals surface area contributed by atoms with Gasteiger partial charge in [0.2, 0.25) is 0 Å². The summed E-state index contributed by atoms with van der Waals surface area (Å²) < 4.78 is 0. The van der Waals surface area contributed by atoms with Gasteiger partial charge in [-0.25, -0.2) is 0 Å². The van der Waals surface area contributed by atoms with E-state index in [1.54, 1.807) is 0 Å². The van der Waals surface area contributed by atoms with Crippen molar-refractivity contribution in [1.29, 1.82) is 0 Å². The normalized spacial score (nSPS) is 30.0. The molecule has 1 fully saturated rings. The van der Waals surface area contributed by atoms with Crippen LogP contribution in [0.25, 0.3) is 0 Å². The molecule has 1 aliphatic rings. The highest BCUT2D eigenvalue weighted by Crippen LogP contribution is 2.34. The van der Waals surface area contributed by atoms with Crippen molar-refractivity contribution < 1.29 is 15.0 Å². The Morgan fingerprint density at radius 2 is 2.00 bits per heavy atom. The molecule has 2 N–H and O–H groups in total. The van der Waals surface area contributed by atoms with Crippen molar-refractivity contribution in [2.45, 2.75) is 44.6 Å². The van der Waals surface area contributed by atoms with Crippen molar-refractivity contribution in [3.8, 4) is 0 Å². The van der Waals surface area contributed by atoms with Gasteiger partial charge >= 0.3 is 0 Å². The molecular weight excluding hydrogens is 204 g/mol. The Labute approximate surface area is 97.2 Å². The summed E-state index contributed by atoms with van der Waals surface area (Å²) in [5.74, 6) is 0.474. The van der Waals surface area contributed by atoms with Crippen molar-refractivity contribution in [2.24, 2.45) is 11.8 Å². The predicted octanol–water partition coefficient (Wildman–Crippen LogP) is 1.68. The molecule has 0 aliphatic heterocycles. The molecule has 16 heavy (non-hydrogen) atoms. The van der Waals surface area contributed by atoms with Crippen LogP contribution in [0.2, 0.25) is 0 Å². The van der Waals surface area contributed by atoms with Gasteiger partial charge in [0.15, 0.2) is 0 Å². The van der Waals surface area contributed by atoms with Crippen LogP contribution in [0.1, 0.15) is 38.5 Å². The molecule has 0 bridgehead atoms. The van der Waals surface area contributed by atoms with Gasteiger partial charge in [-0.05, 0) is 43.9 Å². The van der Waals surface area contributed by atoms with Crippen molar-refractivity contribution in [3.63, 3.8) is 0 Å². The number of carbonyl (C=O) groups is 1. The standard InChI is InChI=1S/C13H22O3/c14-9-5-3-1-2-4-6-12-11(10-15)7-8-13(12)16/h2,4,9,11-13,15-16H,1,3,5-8,10H2/b4-2-/t11-,12-,13+/m1/s1. The summed E-state index contributed by atoms with van der Waals surface area (Å²) in [6.07, 6.45) is 9.87. The Hall–Kier alpha value is -0.670. The first-order valence-electron chi connectivity index (χ1n) is 6.17. The molecule has 1 saturated carbocycles. The summed E-state index contributed by atoms with van der Waals surface area (Å²) in [6.45, 7) is 0.181. The number of hydrogen-bond donors (Lipinski definition) is 2. The summed E-state index contributed by atoms with van der Waals surface area (Å²) in [6, 6.07) is 0. The number of aliphatic hydroxyl groups excluding tert-OH is 2. The van der Waals surface area contributed by atoms with Crippen LogP contribution in [-0.2, 0) is 4.79 Å². The molecule has 3 heteroatoms. The Morgan fingerprint density at radius 1 is 1.19 bits per heavy atom. The zero-order chi connectivity index (χ0) is 11.8. The molecule has 0 amide bonds. The lowest BCUT2D eigenvalue weighted by atomic mass is 9.92. The third kappa shape index (κ3) is 4.06. The molecule has 0 heterocycles. The fraction of sp³-hybridized carbons (Fsp3) is 0.769. The second-order valence-electron chi connectivity index (χ2n) is 4.56. The lowest BCUT2D eigenvalue weighted by Crippen LogP contribution is -2.20. The highest BCUT2D eigenvalue weighted by Gasteiger charge is 2.33. The topological polar surface area (TPSA) is 57.5 Å². The van der Waals surface area contributed by atoms with Crippen molar-refractivity contribution in [1.82, 2.24) is 0 Å². The largest absolute Gasteiger partial charge is 0.396 e. The monoisotopic (exact) mass is 226 g/mol. The lowest BCUT2D eigenvalue weighted by molar-refractivity contribution is -0.107. The predicted molar refractivity (Wildman–Crippen MR) is 63.0 cm³/mol. The van der Waals surface area contributed by atoms with Gasteiger partial charge < -0.3 is 15.0 Å². The maximum absolute atomic E-state index is 10.1. The van der Waals surface area contributed by atoms with E-state index in [0.717, 1.165) is 38.4 Å². The Bertz CT molecular complexity index is 225. The van der Waals surface area contributed by atoms with Crippen LogP contribution in [0.15, 0.2) is 12.2 Å². The smallest absolute Gasteiger partial charge is 0.120 e. The van der Waals surface area contributed by atoms with Crippen LogP contribution in [0, 0.1) is 11.8 Å². The fourth-order valence-corrected chi connectivity index (χ4v) is 2.39. The van der Waals surface area contributed by atoms with Crippen molar-refractivity contribution in [2.75, 3.05) is 6.61 Å². The summed E-state index contributed by atoms with van der Waals surface area (Å²) in [7, 11) is 0. The summed E-state index contributed by atoms with van der Waals surface area (Å²) >= 11 is 0. The van der Waals surface area contributed by atoms with E-state index in [1.165, 1.54) is 0 Å². The fourth-order valence-electron chi connectivity index (χ4n) is 2.39. The molecule has 0 aromatic rings. The first-order chi connectivity index (χ1) is 7.79. The maximum Gasteiger partial charge on any atom is 0.120 e. The first kappa shape index (κ1) is 13.4. The number of aldehydes is 1. The Balaban J connectivity index is 2.22. The van der Waals surface area contributed by atoms with E-state index in [0.29, 0.717) is 6.42 Å². The summed E-state index contributed by atoms with van der Waals surface area (Å²) in [5, 5.41) is 18.9. The van der Waals surface area contributed by atoms with Gasteiger partial charge in [0.05, 0.1) is 6.10 Å². The summed E-state index contributed by atoms with van der Waals surface area (Å²) in [5.41, 5.74) is 0. The first-order valence-corrected chi connectivity index (χ1v) is 6.17. The van der Waals surface area contributed by atoms with Crippen LogP contribution in [-0.4, -0.2) is 29.2 Å². The minimum atomic E-state index is -0.253. The number of allylic oxidation sites excluding steroid dienone is 2. The maximum atomic E-state index is 10.1. The molecule has 0 aromatic heterocycles. The third-order valence-corrected chi connectivity index (χ3v) is 3.44. The van der Waals surface area contributed by atoms with E-state index in [-0.39, 0.29) is 24.5 Å². The van der Waals surface area contributed by atoms with Gasteiger partial charge in [0.25, 0.3) is 0 Å². The quantitative estimate of drug-likeness (QED) is 0.394. The summed E-state index contributed by atoms with van der Waals surface area (Å²) in [4.78, 5) is 10.1. The molecule has 3 atom stereocenters. The van der Waals surface area contributed by atoms with Gasteiger partial charge in [-0.3, -0.25) is 0 Å². The molecule has 0 unspecified atom stereocenters. The van der Waals surface area contributed by atoms with E-state index < -0.39 is 0 Å². The van der Waals surface area contributed by atoms with Crippen LogP contribution in [0.4, 0.5) is 0 Å². The molecule has 0 radical (unpaired) electrons. The van der Waals surface area contributed by atoms with E-state index in [1.807, 2.05) is 0 Å². The molecule has 3 nitrogen and oxygen atoms in total. The van der Waals surface area contributed by atoms with E-state index >= 15 is 0 Å².